The Morgan fingerprint density at radius 2 is 2.29 bits per heavy atom. The summed E-state index contributed by atoms with van der Waals surface area (Å²) in [7, 11) is 0. The smallest absolute Gasteiger partial charge is 0.319 e. The Kier molecular flexibility index (Phi) is 4.80. The van der Waals surface area contributed by atoms with Crippen molar-refractivity contribution in [2.24, 2.45) is 0 Å². The molecule has 0 bridgehead atoms. The van der Waals surface area contributed by atoms with Crippen LogP contribution in [0.4, 0.5) is 10.5 Å². The maximum Gasteiger partial charge on any atom is 0.319 e. The molecule has 9 heteroatoms. The number of carbonyl (C=O) groups is 1. The second-order valence-corrected chi connectivity index (χ2v) is 6.11. The highest BCUT2D eigenvalue weighted by atomic mass is 32.1. The van der Waals surface area contributed by atoms with Crippen molar-refractivity contribution in [3.63, 3.8) is 0 Å². The lowest BCUT2D eigenvalue weighted by molar-refractivity contribution is 0.248. The van der Waals surface area contributed by atoms with Gasteiger partial charge in [0.05, 0.1) is 11.7 Å². The van der Waals surface area contributed by atoms with Crippen LogP contribution < -0.4 is 10.6 Å². The SMILES string of the molecule is CC[C@H](NC(=O)Nc1cc(-n2cnnn2)ccc1C)c1nccs1. The minimum atomic E-state index is -0.269. The molecule has 0 saturated heterocycles. The third kappa shape index (κ3) is 3.57. The molecule has 3 aromatic rings. The fourth-order valence-electron chi connectivity index (χ4n) is 2.23. The number of aromatic nitrogens is 5. The number of amides is 2. The Labute approximate surface area is 142 Å². The number of benzene rings is 1. The van der Waals surface area contributed by atoms with Gasteiger partial charge in [-0.05, 0) is 41.5 Å². The number of nitrogens with zero attached hydrogens (tertiary/aromatic N) is 5. The van der Waals surface area contributed by atoms with E-state index in [0.29, 0.717) is 5.69 Å². The predicted molar refractivity (Wildman–Crippen MR) is 91.2 cm³/mol. The highest BCUT2D eigenvalue weighted by molar-refractivity contribution is 7.09. The molecule has 0 unspecified atom stereocenters. The van der Waals surface area contributed by atoms with Crippen LogP contribution in [0.15, 0.2) is 36.1 Å². The lowest BCUT2D eigenvalue weighted by Crippen LogP contribution is -2.32. The summed E-state index contributed by atoms with van der Waals surface area (Å²) in [5.74, 6) is 0. The third-order valence-electron chi connectivity index (χ3n) is 3.55. The van der Waals surface area contributed by atoms with E-state index in [1.54, 1.807) is 6.20 Å². The summed E-state index contributed by atoms with van der Waals surface area (Å²) < 4.78 is 1.53. The monoisotopic (exact) mass is 343 g/mol. The Hall–Kier alpha value is -2.81. The van der Waals surface area contributed by atoms with Crippen molar-refractivity contribution in [2.75, 3.05) is 5.32 Å². The van der Waals surface area contributed by atoms with Gasteiger partial charge in [0.15, 0.2) is 0 Å². The molecule has 1 atom stereocenters. The zero-order valence-electron chi connectivity index (χ0n) is 13.3. The highest BCUT2D eigenvalue weighted by Crippen LogP contribution is 2.21. The first-order valence-corrected chi connectivity index (χ1v) is 8.36. The van der Waals surface area contributed by atoms with E-state index in [9.17, 15) is 4.79 Å². The average molecular weight is 343 g/mol. The van der Waals surface area contributed by atoms with Gasteiger partial charge >= 0.3 is 6.03 Å². The molecule has 3 rings (SSSR count). The second kappa shape index (κ2) is 7.18. The number of nitrogens with one attached hydrogen (secondary N) is 2. The first kappa shape index (κ1) is 16.1. The molecule has 2 aromatic heterocycles. The summed E-state index contributed by atoms with van der Waals surface area (Å²) in [6.45, 7) is 3.94. The fourth-order valence-corrected chi connectivity index (χ4v) is 3.00. The third-order valence-corrected chi connectivity index (χ3v) is 4.44. The molecule has 0 aliphatic rings. The zero-order valence-corrected chi connectivity index (χ0v) is 14.1. The summed E-state index contributed by atoms with van der Waals surface area (Å²) in [6, 6.07) is 5.25. The van der Waals surface area contributed by atoms with Crippen molar-refractivity contribution in [1.29, 1.82) is 0 Å². The lowest BCUT2D eigenvalue weighted by atomic mass is 10.2. The number of thiazole rings is 1. The molecule has 124 valence electrons. The van der Waals surface area contributed by atoms with E-state index in [-0.39, 0.29) is 12.1 Å². The van der Waals surface area contributed by atoms with Crippen LogP contribution in [-0.4, -0.2) is 31.2 Å². The largest absolute Gasteiger partial charge is 0.329 e. The molecule has 0 radical (unpaired) electrons. The number of anilines is 1. The van der Waals surface area contributed by atoms with Gasteiger partial charge in [-0.1, -0.05) is 13.0 Å². The molecule has 1 aromatic carbocycles. The summed E-state index contributed by atoms with van der Waals surface area (Å²) in [4.78, 5) is 16.6. The summed E-state index contributed by atoms with van der Waals surface area (Å²) in [5, 5.41) is 19.7. The fraction of sp³-hybridized carbons (Fsp3) is 0.267. The van der Waals surface area contributed by atoms with E-state index in [1.807, 2.05) is 37.4 Å². The van der Waals surface area contributed by atoms with Gasteiger partial charge in [0.2, 0.25) is 0 Å². The molecular weight excluding hydrogens is 326 g/mol. The Bertz CT molecular complexity index is 801. The van der Waals surface area contributed by atoms with Crippen LogP contribution in [0.1, 0.15) is 30.0 Å². The molecule has 0 aliphatic carbocycles. The summed E-state index contributed by atoms with van der Waals surface area (Å²) in [5.41, 5.74) is 2.42. The van der Waals surface area contributed by atoms with E-state index >= 15 is 0 Å². The minimum Gasteiger partial charge on any atom is -0.329 e. The molecule has 0 saturated carbocycles. The van der Waals surface area contributed by atoms with Gasteiger partial charge < -0.3 is 10.6 Å². The van der Waals surface area contributed by atoms with Gasteiger partial charge in [0, 0.05) is 17.3 Å². The molecule has 2 amide bonds. The Balaban J connectivity index is 1.73. The molecular formula is C15H17N7OS. The van der Waals surface area contributed by atoms with Crippen molar-refractivity contribution >= 4 is 23.1 Å². The van der Waals surface area contributed by atoms with Crippen molar-refractivity contribution < 1.29 is 4.79 Å². The molecule has 0 spiro atoms. The number of rotatable bonds is 5. The van der Waals surface area contributed by atoms with E-state index in [1.165, 1.54) is 22.3 Å². The van der Waals surface area contributed by atoms with Crippen molar-refractivity contribution in [1.82, 2.24) is 30.5 Å². The van der Waals surface area contributed by atoms with Crippen LogP contribution in [0.25, 0.3) is 5.69 Å². The first-order valence-electron chi connectivity index (χ1n) is 7.48. The molecule has 2 N–H and O–H groups in total. The molecule has 0 fully saturated rings. The maximum absolute atomic E-state index is 12.3. The number of tetrazole rings is 1. The molecule has 8 nitrogen and oxygen atoms in total. The summed E-state index contributed by atoms with van der Waals surface area (Å²) >= 11 is 1.53. The lowest BCUT2D eigenvalue weighted by Gasteiger charge is -2.16. The maximum atomic E-state index is 12.3. The number of hydrogen-bond acceptors (Lipinski definition) is 6. The van der Waals surface area contributed by atoms with E-state index < -0.39 is 0 Å². The standard InChI is InChI=1S/C15H17N7OS/c1-3-12(14-16-6-7-24-14)18-15(23)19-13-8-11(5-4-10(13)2)22-9-17-20-21-22/h4-9,12H,3H2,1-2H3,(H2,18,19,23)/t12-/m0/s1. The molecule has 0 aliphatic heterocycles. The Morgan fingerprint density at radius 1 is 1.42 bits per heavy atom. The van der Waals surface area contributed by atoms with Crippen LogP contribution in [0.3, 0.4) is 0 Å². The van der Waals surface area contributed by atoms with Crippen LogP contribution in [0.5, 0.6) is 0 Å². The summed E-state index contributed by atoms with van der Waals surface area (Å²) in [6.07, 6.45) is 4.01. The predicted octanol–water partition coefficient (Wildman–Crippen LogP) is 2.70. The number of urea groups is 1. The van der Waals surface area contributed by atoms with Crippen LogP contribution in [0.2, 0.25) is 0 Å². The quantitative estimate of drug-likeness (QED) is 0.742. The van der Waals surface area contributed by atoms with Crippen LogP contribution >= 0.6 is 11.3 Å². The van der Waals surface area contributed by atoms with E-state index in [0.717, 1.165) is 22.7 Å². The Morgan fingerprint density at radius 3 is 2.96 bits per heavy atom. The number of carbonyl (C=O) groups excluding carboxylic acids is 1. The molecule has 2 heterocycles. The average Bonchev–Trinajstić information content (AvgIpc) is 3.28. The molecule has 24 heavy (non-hydrogen) atoms. The van der Waals surface area contributed by atoms with Crippen molar-refractivity contribution in [3.8, 4) is 5.69 Å². The highest BCUT2D eigenvalue weighted by Gasteiger charge is 2.15. The first-order chi connectivity index (χ1) is 11.7. The van der Waals surface area contributed by atoms with Gasteiger partial charge in [0.1, 0.15) is 11.3 Å². The van der Waals surface area contributed by atoms with Gasteiger partial charge in [-0.15, -0.1) is 16.4 Å². The van der Waals surface area contributed by atoms with Crippen molar-refractivity contribution in [2.45, 2.75) is 26.3 Å². The number of aryl methyl sites for hydroxylation is 1. The van der Waals surface area contributed by atoms with Gasteiger partial charge in [0.25, 0.3) is 0 Å². The van der Waals surface area contributed by atoms with Crippen LogP contribution in [0, 0.1) is 6.92 Å². The van der Waals surface area contributed by atoms with E-state index in [2.05, 4.69) is 31.1 Å². The van der Waals surface area contributed by atoms with E-state index in [4.69, 9.17) is 0 Å². The van der Waals surface area contributed by atoms with Gasteiger partial charge in [-0.25, -0.2) is 14.5 Å². The van der Waals surface area contributed by atoms with Crippen LogP contribution in [-0.2, 0) is 0 Å². The minimum absolute atomic E-state index is 0.104. The van der Waals surface area contributed by atoms with Gasteiger partial charge in [-0.3, -0.25) is 0 Å². The second-order valence-electron chi connectivity index (χ2n) is 5.18. The zero-order chi connectivity index (χ0) is 16.9. The van der Waals surface area contributed by atoms with Gasteiger partial charge in [-0.2, -0.15) is 0 Å². The topological polar surface area (TPSA) is 97.6 Å². The normalized spacial score (nSPS) is 11.9. The van der Waals surface area contributed by atoms with Crippen molar-refractivity contribution in [3.05, 3.63) is 46.7 Å². The number of hydrogen-bond donors (Lipinski definition) is 2.